The summed E-state index contributed by atoms with van der Waals surface area (Å²) >= 11 is 0. The third-order valence-corrected chi connectivity index (χ3v) is 3.62. The monoisotopic (exact) mass is 316 g/mol. The third-order valence-electron chi connectivity index (χ3n) is 3.62. The highest BCUT2D eigenvalue weighted by Gasteiger charge is 2.18. The number of rotatable bonds is 1. The van der Waals surface area contributed by atoms with Crippen molar-refractivity contribution in [2.75, 3.05) is 7.11 Å². The summed E-state index contributed by atoms with van der Waals surface area (Å²) in [5.74, 6) is 0.527. The average molecular weight is 316 g/mol. The Balaban J connectivity index is 0.000000238. The van der Waals surface area contributed by atoms with Gasteiger partial charge in [-0.05, 0) is 40.2 Å². The number of ether oxygens (including phenoxy) is 1. The zero-order valence-electron chi connectivity index (χ0n) is 15.4. The number of hydrogen-bond acceptors (Lipinski definition) is 1. The second kappa shape index (κ2) is 7.63. The molecule has 0 fully saturated rings. The SMILES string of the molecule is CC(C)(C)c1ccccc1.COc1ccc(F)c(C(C)(C)C)c1. The highest BCUT2D eigenvalue weighted by atomic mass is 19.1. The Labute approximate surface area is 140 Å². The van der Waals surface area contributed by atoms with E-state index in [0.717, 1.165) is 0 Å². The molecule has 0 aliphatic rings. The molecule has 0 bridgehead atoms. The third kappa shape index (κ3) is 6.05. The van der Waals surface area contributed by atoms with Crippen LogP contribution in [0.3, 0.4) is 0 Å². The van der Waals surface area contributed by atoms with Crippen LogP contribution >= 0.6 is 0 Å². The van der Waals surface area contributed by atoms with Crippen LogP contribution < -0.4 is 4.74 Å². The lowest BCUT2D eigenvalue weighted by Crippen LogP contribution is -2.13. The highest BCUT2D eigenvalue weighted by Crippen LogP contribution is 2.28. The molecule has 23 heavy (non-hydrogen) atoms. The van der Waals surface area contributed by atoms with Gasteiger partial charge in [-0.3, -0.25) is 0 Å². The van der Waals surface area contributed by atoms with E-state index in [1.807, 2.05) is 20.8 Å². The highest BCUT2D eigenvalue weighted by molar-refractivity contribution is 5.33. The summed E-state index contributed by atoms with van der Waals surface area (Å²) in [6.45, 7) is 12.6. The van der Waals surface area contributed by atoms with E-state index in [-0.39, 0.29) is 11.2 Å². The number of methoxy groups -OCH3 is 1. The molecule has 0 aliphatic heterocycles. The van der Waals surface area contributed by atoms with Gasteiger partial charge in [-0.2, -0.15) is 0 Å². The molecule has 0 heterocycles. The summed E-state index contributed by atoms with van der Waals surface area (Å²) in [5.41, 5.74) is 2.20. The molecular formula is C21H29FO. The molecule has 2 aromatic carbocycles. The van der Waals surface area contributed by atoms with Crippen LogP contribution in [0.15, 0.2) is 48.5 Å². The molecule has 0 saturated carbocycles. The van der Waals surface area contributed by atoms with E-state index in [1.54, 1.807) is 19.2 Å². The van der Waals surface area contributed by atoms with Crippen LogP contribution in [-0.4, -0.2) is 7.11 Å². The van der Waals surface area contributed by atoms with Crippen molar-refractivity contribution in [1.82, 2.24) is 0 Å². The fourth-order valence-corrected chi connectivity index (χ4v) is 2.14. The summed E-state index contributed by atoms with van der Waals surface area (Å²) in [7, 11) is 1.58. The molecule has 0 amide bonds. The van der Waals surface area contributed by atoms with Gasteiger partial charge in [0.1, 0.15) is 11.6 Å². The molecular weight excluding hydrogens is 287 g/mol. The lowest BCUT2D eigenvalue weighted by Gasteiger charge is -2.20. The van der Waals surface area contributed by atoms with Crippen molar-refractivity contribution < 1.29 is 9.13 Å². The Morgan fingerprint density at radius 2 is 1.35 bits per heavy atom. The van der Waals surface area contributed by atoms with Gasteiger partial charge in [0.2, 0.25) is 0 Å². The van der Waals surface area contributed by atoms with Crippen molar-refractivity contribution in [2.45, 2.75) is 52.4 Å². The zero-order chi connectivity index (χ0) is 17.7. The summed E-state index contributed by atoms with van der Waals surface area (Å²) in [5, 5.41) is 0. The Morgan fingerprint density at radius 3 is 1.74 bits per heavy atom. The first-order valence-corrected chi connectivity index (χ1v) is 7.95. The van der Waals surface area contributed by atoms with Crippen molar-refractivity contribution in [2.24, 2.45) is 0 Å². The van der Waals surface area contributed by atoms with E-state index in [1.165, 1.54) is 11.6 Å². The van der Waals surface area contributed by atoms with E-state index in [9.17, 15) is 4.39 Å². The van der Waals surface area contributed by atoms with Crippen molar-refractivity contribution >= 4 is 0 Å². The average Bonchev–Trinajstić information content (AvgIpc) is 2.47. The van der Waals surface area contributed by atoms with E-state index in [4.69, 9.17) is 4.74 Å². The molecule has 0 aromatic heterocycles. The van der Waals surface area contributed by atoms with Gasteiger partial charge in [0.05, 0.1) is 7.11 Å². The fourth-order valence-electron chi connectivity index (χ4n) is 2.14. The number of benzene rings is 2. The topological polar surface area (TPSA) is 9.23 Å². The molecule has 0 spiro atoms. The van der Waals surface area contributed by atoms with Gasteiger partial charge in [0.15, 0.2) is 0 Å². The predicted molar refractivity (Wildman–Crippen MR) is 96.8 cm³/mol. The summed E-state index contributed by atoms with van der Waals surface area (Å²) in [4.78, 5) is 0. The molecule has 0 unspecified atom stereocenters. The van der Waals surface area contributed by atoms with Gasteiger partial charge in [-0.1, -0.05) is 71.9 Å². The lowest BCUT2D eigenvalue weighted by molar-refractivity contribution is 0.409. The van der Waals surface area contributed by atoms with E-state index in [0.29, 0.717) is 16.7 Å². The minimum absolute atomic E-state index is 0.173. The summed E-state index contributed by atoms with van der Waals surface area (Å²) < 4.78 is 18.4. The van der Waals surface area contributed by atoms with Crippen LogP contribution in [-0.2, 0) is 10.8 Å². The second-order valence-electron chi connectivity index (χ2n) is 7.71. The van der Waals surface area contributed by atoms with Gasteiger partial charge in [0.25, 0.3) is 0 Å². The van der Waals surface area contributed by atoms with Crippen LogP contribution in [0.4, 0.5) is 4.39 Å². The van der Waals surface area contributed by atoms with Crippen LogP contribution in [0, 0.1) is 5.82 Å². The van der Waals surface area contributed by atoms with Gasteiger partial charge in [0, 0.05) is 0 Å². The molecule has 0 atom stereocenters. The first-order chi connectivity index (χ1) is 10.6. The molecule has 126 valence electrons. The summed E-state index contributed by atoms with van der Waals surface area (Å²) in [6, 6.07) is 15.4. The molecule has 2 rings (SSSR count). The van der Waals surface area contributed by atoms with Crippen molar-refractivity contribution in [3.8, 4) is 5.75 Å². The normalized spacial score (nSPS) is 11.5. The van der Waals surface area contributed by atoms with E-state index in [2.05, 4.69) is 51.1 Å². The number of hydrogen-bond donors (Lipinski definition) is 0. The first kappa shape index (κ1) is 19.2. The minimum Gasteiger partial charge on any atom is -0.497 e. The maximum Gasteiger partial charge on any atom is 0.127 e. The molecule has 2 heteroatoms. The molecule has 0 aliphatic carbocycles. The summed E-state index contributed by atoms with van der Waals surface area (Å²) in [6.07, 6.45) is 0. The Hall–Kier alpha value is -1.83. The second-order valence-corrected chi connectivity index (χ2v) is 7.71. The van der Waals surface area contributed by atoms with E-state index >= 15 is 0 Å². The molecule has 2 aromatic rings. The minimum atomic E-state index is -0.182. The lowest BCUT2D eigenvalue weighted by atomic mass is 9.86. The number of halogens is 1. The Bertz CT molecular complexity index is 604. The molecule has 0 saturated heterocycles. The van der Waals surface area contributed by atoms with Crippen LogP contribution in [0.2, 0.25) is 0 Å². The van der Waals surface area contributed by atoms with Gasteiger partial charge in [-0.15, -0.1) is 0 Å². The van der Waals surface area contributed by atoms with E-state index < -0.39 is 0 Å². The molecule has 0 radical (unpaired) electrons. The van der Waals surface area contributed by atoms with Gasteiger partial charge >= 0.3 is 0 Å². The quantitative estimate of drug-likeness (QED) is 0.616. The zero-order valence-corrected chi connectivity index (χ0v) is 15.4. The maximum atomic E-state index is 13.3. The Morgan fingerprint density at radius 1 is 0.783 bits per heavy atom. The largest absolute Gasteiger partial charge is 0.497 e. The maximum absolute atomic E-state index is 13.3. The first-order valence-electron chi connectivity index (χ1n) is 7.95. The standard InChI is InChI=1S/C11H15FO.C10H14/c1-11(2,3)9-7-8(13-4)5-6-10(9)12;1-10(2,3)9-7-5-4-6-8-9/h5-7H,1-4H3;4-8H,1-3H3. The van der Waals surface area contributed by atoms with Crippen LogP contribution in [0.5, 0.6) is 5.75 Å². The smallest absolute Gasteiger partial charge is 0.127 e. The van der Waals surface area contributed by atoms with Gasteiger partial charge in [-0.25, -0.2) is 4.39 Å². The Kier molecular flexibility index (Phi) is 6.37. The predicted octanol–water partition coefficient (Wildman–Crippen LogP) is 6.12. The fraction of sp³-hybridized carbons (Fsp3) is 0.429. The van der Waals surface area contributed by atoms with Crippen molar-refractivity contribution in [3.63, 3.8) is 0 Å². The van der Waals surface area contributed by atoms with Gasteiger partial charge < -0.3 is 4.74 Å². The molecule has 0 N–H and O–H groups in total. The molecule has 1 nitrogen and oxygen atoms in total. The van der Waals surface area contributed by atoms with Crippen LogP contribution in [0.25, 0.3) is 0 Å². The van der Waals surface area contributed by atoms with Crippen molar-refractivity contribution in [3.05, 3.63) is 65.5 Å². The van der Waals surface area contributed by atoms with Crippen molar-refractivity contribution in [1.29, 1.82) is 0 Å². The van der Waals surface area contributed by atoms with Crippen LogP contribution in [0.1, 0.15) is 52.7 Å².